The number of rotatable bonds is 14. The Bertz CT molecular complexity index is 2600. The molecule has 306 valence electrons. The molecule has 0 spiro atoms. The van der Waals surface area contributed by atoms with Crippen LogP contribution in [-0.4, -0.2) is 59.9 Å². The lowest BCUT2D eigenvalue weighted by molar-refractivity contribution is -0.153. The number of amides is 2. The normalized spacial score (nSPS) is 17.8. The SMILES string of the molecule is O=C(Nc1cn2cc(C3CC3)nc2cc1OCC1CC1c1ccc(C(F)F)nc1C(=O)Nc1cn2cc(C3CC3)nc2cc1OCC(F)(F)F)c1cccc(C(F)F)n1. The maximum atomic E-state index is 13.9. The molecule has 0 aromatic carbocycles. The van der Waals surface area contributed by atoms with Gasteiger partial charge in [0.05, 0.1) is 18.0 Å². The molecule has 2 atom stereocenters. The van der Waals surface area contributed by atoms with Crippen LogP contribution in [0.3, 0.4) is 0 Å². The summed E-state index contributed by atoms with van der Waals surface area (Å²) in [5.41, 5.74) is 0.990. The van der Waals surface area contributed by atoms with E-state index in [1.807, 2.05) is 6.20 Å². The van der Waals surface area contributed by atoms with Crippen molar-refractivity contribution in [1.82, 2.24) is 28.7 Å². The molecule has 0 bridgehead atoms. The van der Waals surface area contributed by atoms with Gasteiger partial charge in [0.1, 0.15) is 56.9 Å². The van der Waals surface area contributed by atoms with E-state index in [1.165, 1.54) is 30.5 Å². The molecule has 0 radical (unpaired) electrons. The van der Waals surface area contributed by atoms with Gasteiger partial charge < -0.3 is 28.9 Å². The second-order valence-electron chi connectivity index (χ2n) is 15.0. The minimum Gasteiger partial charge on any atom is -0.491 e. The number of pyridine rings is 4. The molecule has 12 nitrogen and oxygen atoms in total. The third kappa shape index (κ3) is 8.36. The zero-order valence-corrected chi connectivity index (χ0v) is 30.7. The molecule has 9 rings (SSSR count). The number of aromatic nitrogens is 6. The summed E-state index contributed by atoms with van der Waals surface area (Å²) in [5.74, 6) is -1.93. The zero-order valence-electron chi connectivity index (χ0n) is 30.7. The summed E-state index contributed by atoms with van der Waals surface area (Å²) in [5, 5.41) is 5.24. The third-order valence-corrected chi connectivity index (χ3v) is 10.4. The van der Waals surface area contributed by atoms with Gasteiger partial charge >= 0.3 is 6.18 Å². The molecule has 2 unspecified atom stereocenters. The van der Waals surface area contributed by atoms with Gasteiger partial charge in [-0.25, -0.2) is 37.5 Å². The standard InChI is InChI=1S/C40H33F7N8O4/c41-36(42)24-2-1-3-26(48-24)38(56)52-29-15-54-13-27(19-4-5-19)49-33(54)11-31(29)58-17-21-10-23(21)22-8-9-25(37(43)44)51-35(22)39(57)53-30-16-55-14-28(20-6-7-20)50-34(55)12-32(30)59-18-40(45,46)47/h1-3,8-9,11-16,19-21,23,36-37H,4-7,10,17-18H2,(H,52,56)(H,53,57). The summed E-state index contributed by atoms with van der Waals surface area (Å²) in [6, 6.07) is 9.09. The number of hydrogen-bond donors (Lipinski definition) is 2. The maximum absolute atomic E-state index is 13.9. The van der Waals surface area contributed by atoms with Crippen LogP contribution in [0.2, 0.25) is 0 Å². The van der Waals surface area contributed by atoms with E-state index in [1.54, 1.807) is 27.3 Å². The van der Waals surface area contributed by atoms with Crippen molar-refractivity contribution in [1.29, 1.82) is 0 Å². The average molecular weight is 823 g/mol. The van der Waals surface area contributed by atoms with E-state index in [9.17, 15) is 40.3 Å². The van der Waals surface area contributed by atoms with E-state index in [0.29, 0.717) is 29.2 Å². The highest BCUT2D eigenvalue weighted by molar-refractivity contribution is 6.05. The first-order chi connectivity index (χ1) is 28.3. The highest BCUT2D eigenvalue weighted by Crippen LogP contribution is 2.49. The highest BCUT2D eigenvalue weighted by Gasteiger charge is 2.42. The lowest BCUT2D eigenvalue weighted by Gasteiger charge is -2.16. The summed E-state index contributed by atoms with van der Waals surface area (Å²) in [6.45, 7) is -1.62. The van der Waals surface area contributed by atoms with Gasteiger partial charge in [0.25, 0.3) is 24.7 Å². The maximum Gasteiger partial charge on any atom is 0.422 e. The fraction of sp³-hybridized carbons (Fsp3) is 0.350. The average Bonchev–Trinajstić information content (AvgIpc) is 4.13. The highest BCUT2D eigenvalue weighted by atomic mass is 19.4. The molecule has 6 aromatic rings. The van der Waals surface area contributed by atoms with E-state index in [2.05, 4.69) is 30.6 Å². The van der Waals surface area contributed by atoms with Crippen molar-refractivity contribution in [2.45, 2.75) is 68.9 Å². The third-order valence-electron chi connectivity index (χ3n) is 10.4. The Morgan fingerprint density at radius 3 is 1.88 bits per heavy atom. The Kier molecular flexibility index (Phi) is 9.62. The van der Waals surface area contributed by atoms with E-state index in [-0.39, 0.29) is 52.7 Å². The van der Waals surface area contributed by atoms with Crippen LogP contribution in [0.25, 0.3) is 11.3 Å². The fourth-order valence-electron chi connectivity index (χ4n) is 6.97. The van der Waals surface area contributed by atoms with Crippen LogP contribution < -0.4 is 20.1 Å². The monoisotopic (exact) mass is 822 g/mol. The number of imidazole rings is 2. The number of nitrogens with zero attached hydrogens (tertiary/aromatic N) is 6. The van der Waals surface area contributed by atoms with Crippen molar-refractivity contribution in [2.75, 3.05) is 23.8 Å². The largest absolute Gasteiger partial charge is 0.491 e. The summed E-state index contributed by atoms with van der Waals surface area (Å²) in [7, 11) is 0. The molecule has 3 fully saturated rings. The lowest BCUT2D eigenvalue weighted by Crippen LogP contribution is -2.21. The number of carbonyl (C=O) groups excluding carboxylic acids is 2. The number of anilines is 2. The molecule has 2 N–H and O–H groups in total. The summed E-state index contributed by atoms with van der Waals surface area (Å²) >= 11 is 0. The molecule has 6 aromatic heterocycles. The Morgan fingerprint density at radius 1 is 0.729 bits per heavy atom. The summed E-state index contributed by atoms with van der Waals surface area (Å²) in [4.78, 5) is 44.1. The van der Waals surface area contributed by atoms with E-state index in [0.717, 1.165) is 49.2 Å². The second-order valence-corrected chi connectivity index (χ2v) is 15.0. The van der Waals surface area contributed by atoms with Crippen LogP contribution in [0.4, 0.5) is 42.1 Å². The smallest absolute Gasteiger partial charge is 0.422 e. The van der Waals surface area contributed by atoms with Gasteiger partial charge in [0, 0.05) is 54.7 Å². The number of hydrogen-bond acceptors (Lipinski definition) is 8. The molecule has 59 heavy (non-hydrogen) atoms. The Balaban J connectivity index is 0.966. The van der Waals surface area contributed by atoms with Crippen molar-refractivity contribution in [3.63, 3.8) is 0 Å². The van der Waals surface area contributed by atoms with Gasteiger partial charge in [0.2, 0.25) is 0 Å². The number of fused-ring (bicyclic) bond motifs is 2. The molecule has 3 saturated carbocycles. The van der Waals surface area contributed by atoms with Gasteiger partial charge in [-0.15, -0.1) is 0 Å². The van der Waals surface area contributed by atoms with Crippen molar-refractivity contribution in [2.24, 2.45) is 5.92 Å². The minimum absolute atomic E-state index is 0.0345. The number of ether oxygens (including phenoxy) is 2. The quantitative estimate of drug-likeness (QED) is 0.104. The van der Waals surface area contributed by atoms with E-state index in [4.69, 9.17) is 9.47 Å². The van der Waals surface area contributed by atoms with E-state index >= 15 is 0 Å². The lowest BCUT2D eigenvalue weighted by atomic mass is 10.1. The van der Waals surface area contributed by atoms with E-state index < -0.39 is 54.8 Å². The number of nitrogens with one attached hydrogen (secondary N) is 2. The predicted octanol–water partition coefficient (Wildman–Crippen LogP) is 9.03. The van der Waals surface area contributed by atoms with Crippen molar-refractivity contribution in [3.8, 4) is 11.5 Å². The molecule has 3 aliphatic carbocycles. The molecular formula is C40H33F7N8O4. The first-order valence-electron chi connectivity index (χ1n) is 18.8. The second kappa shape index (κ2) is 14.8. The first kappa shape index (κ1) is 38.3. The van der Waals surface area contributed by atoms with Crippen LogP contribution >= 0.6 is 0 Å². The van der Waals surface area contributed by atoms with Gasteiger partial charge in [-0.3, -0.25) is 9.59 Å². The summed E-state index contributed by atoms with van der Waals surface area (Å²) < 4.78 is 109. The molecular weight excluding hydrogens is 789 g/mol. The molecule has 0 aliphatic heterocycles. The van der Waals surface area contributed by atoms with Crippen LogP contribution in [0.15, 0.2) is 67.3 Å². The Morgan fingerprint density at radius 2 is 1.31 bits per heavy atom. The molecule has 3 aliphatic rings. The topological polar surface area (TPSA) is 137 Å². The number of halogens is 7. The van der Waals surface area contributed by atoms with Crippen molar-refractivity contribution >= 4 is 34.5 Å². The van der Waals surface area contributed by atoms with Crippen LogP contribution in [0.1, 0.15) is 112 Å². The Labute approximate surface area is 329 Å². The Hall–Kier alpha value is -6.27. The molecule has 0 saturated heterocycles. The number of alkyl halides is 7. The number of carbonyl (C=O) groups is 2. The molecule has 6 heterocycles. The molecule has 2 amide bonds. The van der Waals surface area contributed by atoms with Gasteiger partial charge in [-0.1, -0.05) is 12.1 Å². The first-order valence-corrected chi connectivity index (χ1v) is 18.8. The van der Waals surface area contributed by atoms with Gasteiger partial charge in [-0.2, -0.15) is 13.2 Å². The van der Waals surface area contributed by atoms with Gasteiger partial charge in [0.15, 0.2) is 6.61 Å². The minimum atomic E-state index is -4.69. The molecule has 19 heteroatoms. The predicted molar refractivity (Wildman–Crippen MR) is 197 cm³/mol. The van der Waals surface area contributed by atoms with Gasteiger partial charge in [-0.05, 0) is 61.8 Å². The van der Waals surface area contributed by atoms with Crippen molar-refractivity contribution < 1.29 is 49.8 Å². The zero-order chi connectivity index (χ0) is 41.2. The van der Waals surface area contributed by atoms with Crippen LogP contribution in [0.5, 0.6) is 11.5 Å². The van der Waals surface area contributed by atoms with Crippen LogP contribution in [-0.2, 0) is 0 Å². The van der Waals surface area contributed by atoms with Crippen LogP contribution in [0, 0.1) is 5.92 Å². The fourth-order valence-corrected chi connectivity index (χ4v) is 6.97. The summed E-state index contributed by atoms with van der Waals surface area (Å²) in [6.07, 6.45) is 0.175. The van der Waals surface area contributed by atoms with Crippen molar-refractivity contribution in [3.05, 3.63) is 107 Å².